The number of hydrogen-bond acceptors (Lipinski definition) is 4. The monoisotopic (exact) mass is 494 g/mol. The number of anilines is 1. The standard InChI is InChI=1S/C20H22ClF3N2O3S2/c21-15-7-6-13(9-14(15)20(22,23)24)26-16-10-31(28,29)11-17(16)30-19(26)25-18(27)8-5-12-3-1-2-4-12/h6-7,9,12,16-17H,1-5,8,10-11H2/t16-,17+/m0/s1. The molecule has 2 saturated heterocycles. The molecule has 3 fully saturated rings. The lowest BCUT2D eigenvalue weighted by atomic mass is 10.0. The van der Waals surface area contributed by atoms with E-state index in [0.717, 1.165) is 43.2 Å². The molecule has 0 N–H and O–H groups in total. The first-order chi connectivity index (χ1) is 14.5. The fourth-order valence-electron chi connectivity index (χ4n) is 4.54. The van der Waals surface area contributed by atoms with Crippen molar-refractivity contribution in [3.8, 4) is 0 Å². The minimum atomic E-state index is -4.66. The summed E-state index contributed by atoms with van der Waals surface area (Å²) in [5, 5.41) is -0.557. The lowest BCUT2D eigenvalue weighted by molar-refractivity contribution is -0.137. The van der Waals surface area contributed by atoms with Gasteiger partial charge in [0.05, 0.1) is 28.1 Å². The zero-order chi connectivity index (χ0) is 22.4. The molecule has 31 heavy (non-hydrogen) atoms. The van der Waals surface area contributed by atoms with Crippen LogP contribution in [0.5, 0.6) is 0 Å². The highest BCUT2D eigenvalue weighted by Crippen LogP contribution is 2.43. The lowest BCUT2D eigenvalue weighted by Gasteiger charge is -2.25. The number of alkyl halides is 3. The summed E-state index contributed by atoms with van der Waals surface area (Å²) in [6.45, 7) is 0. The zero-order valence-corrected chi connectivity index (χ0v) is 19.0. The van der Waals surface area contributed by atoms with Gasteiger partial charge in [0.2, 0.25) is 5.91 Å². The largest absolute Gasteiger partial charge is 0.417 e. The van der Waals surface area contributed by atoms with Crippen molar-refractivity contribution in [3.63, 3.8) is 0 Å². The van der Waals surface area contributed by atoms with Gasteiger partial charge in [-0.05, 0) is 30.5 Å². The molecule has 3 aliphatic rings. The molecule has 0 bridgehead atoms. The molecular weight excluding hydrogens is 473 g/mol. The highest BCUT2D eigenvalue weighted by atomic mass is 35.5. The van der Waals surface area contributed by atoms with Crippen molar-refractivity contribution in [1.82, 2.24) is 0 Å². The fraction of sp³-hybridized carbons (Fsp3) is 0.600. The molecule has 0 radical (unpaired) electrons. The fourth-order valence-corrected chi connectivity index (χ4v) is 8.69. The quantitative estimate of drug-likeness (QED) is 0.593. The van der Waals surface area contributed by atoms with Gasteiger partial charge in [-0.1, -0.05) is 49.0 Å². The Balaban J connectivity index is 1.63. The van der Waals surface area contributed by atoms with E-state index in [4.69, 9.17) is 11.6 Å². The van der Waals surface area contributed by atoms with Crippen molar-refractivity contribution < 1.29 is 26.4 Å². The predicted molar refractivity (Wildman–Crippen MR) is 116 cm³/mol. The van der Waals surface area contributed by atoms with E-state index < -0.39 is 32.6 Å². The number of amidine groups is 1. The molecule has 2 heterocycles. The second-order valence-electron chi connectivity index (χ2n) is 8.31. The molecule has 1 aliphatic carbocycles. The summed E-state index contributed by atoms with van der Waals surface area (Å²) in [7, 11) is -3.32. The van der Waals surface area contributed by atoms with Gasteiger partial charge in [-0.15, -0.1) is 0 Å². The Bertz CT molecular complexity index is 1010. The van der Waals surface area contributed by atoms with Crippen LogP contribution in [0.15, 0.2) is 23.2 Å². The number of sulfone groups is 1. The zero-order valence-electron chi connectivity index (χ0n) is 16.6. The number of hydrogen-bond donors (Lipinski definition) is 0. The Hall–Kier alpha value is -1.26. The van der Waals surface area contributed by atoms with Crippen LogP contribution in [0.4, 0.5) is 18.9 Å². The summed E-state index contributed by atoms with van der Waals surface area (Å²) in [6, 6.07) is 2.87. The average molecular weight is 495 g/mol. The van der Waals surface area contributed by atoms with Crippen molar-refractivity contribution in [2.45, 2.75) is 56.0 Å². The van der Waals surface area contributed by atoms with Crippen LogP contribution in [0.2, 0.25) is 5.02 Å². The van der Waals surface area contributed by atoms with E-state index in [1.54, 1.807) is 0 Å². The van der Waals surface area contributed by atoms with Gasteiger partial charge in [0.25, 0.3) is 0 Å². The number of thioether (sulfide) groups is 1. The topological polar surface area (TPSA) is 66.8 Å². The first kappa shape index (κ1) is 22.9. The number of amides is 1. The Morgan fingerprint density at radius 1 is 1.23 bits per heavy atom. The summed E-state index contributed by atoms with van der Waals surface area (Å²) >= 11 is 6.90. The molecule has 5 nitrogen and oxygen atoms in total. The number of aliphatic imine (C=N–C) groups is 1. The molecule has 2 aliphatic heterocycles. The summed E-state index contributed by atoms with van der Waals surface area (Å²) in [4.78, 5) is 18.2. The highest BCUT2D eigenvalue weighted by Gasteiger charge is 2.49. The molecule has 4 rings (SSSR count). The number of nitrogens with zero attached hydrogens (tertiary/aromatic N) is 2. The number of carbonyl (C=O) groups is 1. The maximum Gasteiger partial charge on any atom is 0.417 e. The van der Waals surface area contributed by atoms with Crippen molar-refractivity contribution in [1.29, 1.82) is 0 Å². The summed E-state index contributed by atoms with van der Waals surface area (Å²) in [5.41, 5.74) is -0.871. The van der Waals surface area contributed by atoms with Crippen LogP contribution < -0.4 is 4.90 Å². The van der Waals surface area contributed by atoms with Gasteiger partial charge < -0.3 is 4.90 Å². The molecule has 1 aromatic carbocycles. The van der Waals surface area contributed by atoms with Crippen LogP contribution in [0, 0.1) is 5.92 Å². The molecule has 1 aromatic rings. The third-order valence-corrected chi connectivity index (χ3v) is 9.60. The third kappa shape index (κ3) is 5.06. The normalized spacial score (nSPS) is 27.2. The summed E-state index contributed by atoms with van der Waals surface area (Å²) in [5.74, 6) is -0.0866. The van der Waals surface area contributed by atoms with Gasteiger partial charge in [-0.2, -0.15) is 18.2 Å². The maximum atomic E-state index is 13.4. The molecule has 1 amide bonds. The molecule has 1 saturated carbocycles. The number of halogens is 4. The van der Waals surface area contributed by atoms with Gasteiger partial charge in [-0.3, -0.25) is 4.79 Å². The number of rotatable bonds is 4. The summed E-state index contributed by atoms with van der Waals surface area (Å²) < 4.78 is 64.4. The van der Waals surface area contributed by atoms with Gasteiger partial charge in [0, 0.05) is 17.4 Å². The first-order valence-corrected chi connectivity index (χ1v) is 13.3. The van der Waals surface area contributed by atoms with Gasteiger partial charge in [-0.25, -0.2) is 8.42 Å². The highest BCUT2D eigenvalue weighted by molar-refractivity contribution is 8.16. The van der Waals surface area contributed by atoms with Crippen LogP contribution in [0.3, 0.4) is 0 Å². The minimum Gasteiger partial charge on any atom is -0.316 e. The smallest absolute Gasteiger partial charge is 0.316 e. The Labute approximate surface area is 188 Å². The van der Waals surface area contributed by atoms with Crippen LogP contribution >= 0.6 is 23.4 Å². The number of fused-ring (bicyclic) bond motifs is 1. The SMILES string of the molecule is O=C(CCC1CCCC1)N=C1S[C@@H]2CS(=O)(=O)C[C@@H]2N1c1ccc(Cl)c(C(F)(F)F)c1. The number of benzene rings is 1. The second-order valence-corrected chi connectivity index (χ2v) is 12.1. The molecule has 2 atom stereocenters. The maximum absolute atomic E-state index is 13.4. The van der Waals surface area contributed by atoms with Gasteiger partial charge >= 0.3 is 6.18 Å². The molecular formula is C20H22ClF3N2O3S2. The molecule has 11 heteroatoms. The van der Waals surface area contributed by atoms with E-state index in [-0.39, 0.29) is 39.9 Å². The van der Waals surface area contributed by atoms with Crippen molar-refractivity contribution in [2.24, 2.45) is 10.9 Å². The van der Waals surface area contributed by atoms with E-state index in [9.17, 15) is 26.4 Å². The van der Waals surface area contributed by atoms with E-state index in [2.05, 4.69) is 4.99 Å². The minimum absolute atomic E-state index is 0.0894. The average Bonchev–Trinajstić information content (AvgIpc) is 3.34. The Morgan fingerprint density at radius 3 is 2.61 bits per heavy atom. The molecule has 0 aromatic heterocycles. The lowest BCUT2D eigenvalue weighted by Crippen LogP contribution is -2.37. The van der Waals surface area contributed by atoms with Crippen molar-refractivity contribution in [3.05, 3.63) is 28.8 Å². The summed E-state index contributed by atoms with van der Waals surface area (Å²) in [6.07, 6.45) is 0.941. The second kappa shape index (κ2) is 8.59. The predicted octanol–water partition coefficient (Wildman–Crippen LogP) is 4.93. The van der Waals surface area contributed by atoms with Crippen LogP contribution in [-0.2, 0) is 20.8 Å². The van der Waals surface area contributed by atoms with Crippen molar-refractivity contribution in [2.75, 3.05) is 16.4 Å². The molecule has 170 valence electrons. The Morgan fingerprint density at radius 2 is 1.94 bits per heavy atom. The molecule has 0 unspecified atom stereocenters. The molecule has 0 spiro atoms. The van der Waals surface area contributed by atoms with Crippen LogP contribution in [0.25, 0.3) is 0 Å². The van der Waals surface area contributed by atoms with Crippen molar-refractivity contribution >= 4 is 50.0 Å². The van der Waals surface area contributed by atoms with E-state index in [1.807, 2.05) is 0 Å². The number of carbonyl (C=O) groups excluding carboxylic acids is 1. The van der Waals surface area contributed by atoms with Gasteiger partial charge in [0.15, 0.2) is 15.0 Å². The van der Waals surface area contributed by atoms with E-state index in [0.29, 0.717) is 5.92 Å². The third-order valence-electron chi connectivity index (χ3n) is 6.06. The van der Waals surface area contributed by atoms with E-state index in [1.165, 1.54) is 23.8 Å². The Kier molecular flexibility index (Phi) is 6.35. The van der Waals surface area contributed by atoms with Gasteiger partial charge in [0.1, 0.15) is 0 Å². The van der Waals surface area contributed by atoms with Crippen LogP contribution in [-0.4, -0.2) is 42.3 Å². The van der Waals surface area contributed by atoms with E-state index >= 15 is 0 Å². The first-order valence-electron chi connectivity index (χ1n) is 10.2. The van der Waals surface area contributed by atoms with Crippen LogP contribution in [0.1, 0.15) is 44.1 Å².